The number of rotatable bonds is 10. The molecular formula is C17H30N2OS. The summed E-state index contributed by atoms with van der Waals surface area (Å²) in [6.45, 7) is 13.0. The molecule has 4 heteroatoms. The van der Waals surface area contributed by atoms with Crippen molar-refractivity contribution >= 4 is 22.8 Å². The molecule has 0 radical (unpaired) electrons. The van der Waals surface area contributed by atoms with Crippen molar-refractivity contribution < 1.29 is 4.79 Å². The number of aldehydes is 1. The Hall–Kier alpha value is -0.900. The average molecular weight is 311 g/mol. The highest BCUT2D eigenvalue weighted by Gasteiger charge is 2.27. The fourth-order valence-electron chi connectivity index (χ4n) is 2.19. The molecule has 1 rings (SSSR count). The van der Waals surface area contributed by atoms with Crippen molar-refractivity contribution in [2.24, 2.45) is 0 Å². The van der Waals surface area contributed by atoms with Crippen molar-refractivity contribution in [1.29, 1.82) is 0 Å². The van der Waals surface area contributed by atoms with E-state index in [0.29, 0.717) is 0 Å². The van der Waals surface area contributed by atoms with Crippen molar-refractivity contribution in [3.05, 3.63) is 10.6 Å². The van der Waals surface area contributed by atoms with Gasteiger partial charge in [0.25, 0.3) is 0 Å². The summed E-state index contributed by atoms with van der Waals surface area (Å²) in [7, 11) is 0. The summed E-state index contributed by atoms with van der Waals surface area (Å²) >= 11 is 1.56. The van der Waals surface area contributed by atoms with Crippen LogP contribution in [0.25, 0.3) is 0 Å². The number of carbonyl (C=O) groups is 1. The summed E-state index contributed by atoms with van der Waals surface area (Å²) < 4.78 is 0. The van der Waals surface area contributed by atoms with E-state index in [2.05, 4.69) is 39.5 Å². The molecule has 1 heterocycles. The van der Waals surface area contributed by atoms with Gasteiger partial charge in [-0.15, -0.1) is 0 Å². The summed E-state index contributed by atoms with van der Waals surface area (Å²) in [6.07, 6.45) is 6.68. The largest absolute Gasteiger partial charge is 0.348 e. The van der Waals surface area contributed by atoms with E-state index in [1.54, 1.807) is 11.3 Å². The van der Waals surface area contributed by atoms with Gasteiger partial charge in [0.05, 0.1) is 10.6 Å². The van der Waals surface area contributed by atoms with Crippen LogP contribution in [-0.4, -0.2) is 24.4 Å². The van der Waals surface area contributed by atoms with Gasteiger partial charge in [-0.25, -0.2) is 4.98 Å². The van der Waals surface area contributed by atoms with E-state index < -0.39 is 0 Å². The zero-order chi connectivity index (χ0) is 15.9. The molecule has 0 fully saturated rings. The number of thiazole rings is 1. The van der Waals surface area contributed by atoms with E-state index in [0.717, 1.165) is 41.5 Å². The first kappa shape index (κ1) is 18.1. The molecule has 21 heavy (non-hydrogen) atoms. The lowest BCUT2D eigenvalue weighted by atomic mass is 9.86. The van der Waals surface area contributed by atoms with Crippen LogP contribution in [0.5, 0.6) is 0 Å². The number of anilines is 1. The molecule has 0 saturated carbocycles. The minimum absolute atomic E-state index is 0.0355. The predicted octanol–water partition coefficient (Wildman–Crippen LogP) is 5.05. The van der Waals surface area contributed by atoms with Gasteiger partial charge in [0.2, 0.25) is 0 Å². The monoisotopic (exact) mass is 310 g/mol. The molecule has 0 unspecified atom stereocenters. The third-order valence-electron chi connectivity index (χ3n) is 4.11. The second kappa shape index (κ2) is 8.52. The van der Waals surface area contributed by atoms with E-state index in [-0.39, 0.29) is 5.41 Å². The van der Waals surface area contributed by atoms with E-state index in [4.69, 9.17) is 4.98 Å². The van der Waals surface area contributed by atoms with Crippen molar-refractivity contribution in [3.63, 3.8) is 0 Å². The van der Waals surface area contributed by atoms with Crippen LogP contribution >= 0.6 is 11.3 Å². The quantitative estimate of drug-likeness (QED) is 0.567. The van der Waals surface area contributed by atoms with Gasteiger partial charge in [0.15, 0.2) is 11.4 Å². The number of unbranched alkanes of at least 4 members (excludes halogenated alkanes) is 2. The molecule has 0 atom stereocenters. The molecule has 0 aliphatic rings. The fraction of sp³-hybridized carbons (Fsp3) is 0.765. The normalized spacial score (nSPS) is 11.7. The lowest BCUT2D eigenvalue weighted by Gasteiger charge is -2.23. The van der Waals surface area contributed by atoms with Crippen LogP contribution in [0.4, 0.5) is 5.13 Å². The minimum atomic E-state index is -0.0355. The molecule has 0 aliphatic carbocycles. The Bertz CT molecular complexity index is 432. The van der Waals surface area contributed by atoms with Crippen LogP contribution in [0.15, 0.2) is 0 Å². The van der Waals surface area contributed by atoms with Gasteiger partial charge in [-0.2, -0.15) is 0 Å². The summed E-state index contributed by atoms with van der Waals surface area (Å²) in [5.74, 6) is 0. The summed E-state index contributed by atoms with van der Waals surface area (Å²) in [4.78, 5) is 19.4. The maximum absolute atomic E-state index is 11.4. The average Bonchev–Trinajstić information content (AvgIpc) is 2.92. The van der Waals surface area contributed by atoms with Crippen LogP contribution in [-0.2, 0) is 5.41 Å². The Kier molecular flexibility index (Phi) is 7.36. The maximum Gasteiger partial charge on any atom is 0.186 e. The smallest absolute Gasteiger partial charge is 0.186 e. The first-order valence-corrected chi connectivity index (χ1v) is 9.03. The van der Waals surface area contributed by atoms with Gasteiger partial charge in [0, 0.05) is 18.5 Å². The van der Waals surface area contributed by atoms with Gasteiger partial charge in [0.1, 0.15) is 0 Å². The van der Waals surface area contributed by atoms with Crippen LogP contribution < -0.4 is 4.90 Å². The molecule has 3 nitrogen and oxygen atoms in total. The summed E-state index contributed by atoms with van der Waals surface area (Å²) in [5, 5.41) is 1.02. The van der Waals surface area contributed by atoms with E-state index in [9.17, 15) is 4.79 Å². The Morgan fingerprint density at radius 1 is 1.14 bits per heavy atom. The minimum Gasteiger partial charge on any atom is -0.348 e. The standard InChI is InChI=1S/C17H30N2OS/c1-6-9-11-19(12-10-7-2)16-18-15(14(13-20)21-16)17(4,5)8-3/h13H,6-12H2,1-5H3. The SMILES string of the molecule is CCCCN(CCCC)c1nc(C(C)(C)CC)c(C=O)s1. The van der Waals surface area contributed by atoms with Crippen molar-refractivity contribution in [2.45, 2.75) is 72.1 Å². The molecule has 0 N–H and O–H groups in total. The molecule has 120 valence electrons. The Morgan fingerprint density at radius 3 is 2.14 bits per heavy atom. The van der Waals surface area contributed by atoms with Gasteiger partial charge in [-0.1, -0.05) is 58.8 Å². The zero-order valence-corrected chi connectivity index (χ0v) is 15.1. The lowest BCUT2D eigenvalue weighted by Crippen LogP contribution is -2.26. The highest BCUT2D eigenvalue weighted by atomic mass is 32.1. The van der Waals surface area contributed by atoms with Gasteiger partial charge in [-0.3, -0.25) is 4.79 Å². The van der Waals surface area contributed by atoms with E-state index >= 15 is 0 Å². The van der Waals surface area contributed by atoms with Gasteiger partial charge < -0.3 is 4.90 Å². The Balaban J connectivity index is 3.05. The lowest BCUT2D eigenvalue weighted by molar-refractivity contribution is 0.112. The molecule has 0 spiro atoms. The molecule has 0 bridgehead atoms. The Labute approximate surface area is 133 Å². The first-order valence-electron chi connectivity index (χ1n) is 8.21. The zero-order valence-electron chi connectivity index (χ0n) is 14.2. The second-order valence-electron chi connectivity index (χ2n) is 6.26. The van der Waals surface area contributed by atoms with Crippen LogP contribution in [0.1, 0.15) is 82.1 Å². The second-order valence-corrected chi connectivity index (χ2v) is 7.27. The Morgan fingerprint density at radius 2 is 1.71 bits per heavy atom. The molecule has 1 aromatic heterocycles. The third kappa shape index (κ3) is 4.80. The number of carbonyl (C=O) groups excluding carboxylic acids is 1. The molecule has 1 aromatic rings. The van der Waals surface area contributed by atoms with Crippen molar-refractivity contribution in [1.82, 2.24) is 4.98 Å². The number of hydrogen-bond donors (Lipinski definition) is 0. The van der Waals surface area contributed by atoms with Crippen LogP contribution in [0, 0.1) is 0 Å². The molecule has 0 saturated heterocycles. The molecular weight excluding hydrogens is 280 g/mol. The highest BCUT2D eigenvalue weighted by Crippen LogP contribution is 2.35. The van der Waals surface area contributed by atoms with Gasteiger partial charge in [-0.05, 0) is 19.3 Å². The van der Waals surface area contributed by atoms with E-state index in [1.807, 2.05) is 0 Å². The third-order valence-corrected chi connectivity index (χ3v) is 5.15. The van der Waals surface area contributed by atoms with Crippen molar-refractivity contribution in [2.75, 3.05) is 18.0 Å². The predicted molar refractivity (Wildman–Crippen MR) is 92.8 cm³/mol. The molecule has 0 amide bonds. The van der Waals surface area contributed by atoms with Crippen molar-refractivity contribution in [3.8, 4) is 0 Å². The van der Waals surface area contributed by atoms with Crippen LogP contribution in [0.2, 0.25) is 0 Å². The fourth-order valence-corrected chi connectivity index (χ4v) is 3.30. The topological polar surface area (TPSA) is 33.2 Å². The summed E-state index contributed by atoms with van der Waals surface area (Å²) in [5.41, 5.74) is 0.935. The van der Waals surface area contributed by atoms with Crippen LogP contribution in [0.3, 0.4) is 0 Å². The summed E-state index contributed by atoms with van der Waals surface area (Å²) in [6, 6.07) is 0. The number of hydrogen-bond acceptors (Lipinski definition) is 4. The maximum atomic E-state index is 11.4. The number of aromatic nitrogens is 1. The first-order chi connectivity index (χ1) is 10.00. The highest BCUT2D eigenvalue weighted by molar-refractivity contribution is 7.17. The molecule has 0 aliphatic heterocycles. The van der Waals surface area contributed by atoms with E-state index in [1.165, 1.54) is 25.7 Å². The molecule has 0 aromatic carbocycles. The number of nitrogens with zero attached hydrogens (tertiary/aromatic N) is 2. The van der Waals surface area contributed by atoms with Gasteiger partial charge >= 0.3 is 0 Å².